The molecule has 0 radical (unpaired) electrons. The van der Waals surface area contributed by atoms with Crippen molar-refractivity contribution >= 4 is 5.97 Å². The van der Waals surface area contributed by atoms with Gasteiger partial charge in [-0.15, -0.1) is 13.1 Å². The largest absolute Gasteiger partial charge is 0.658 e. The van der Waals surface area contributed by atoms with Crippen molar-refractivity contribution < 1.29 is 28.2 Å². The topological polar surface area (TPSA) is 92.7 Å². The molecular weight excluding hydrogens is 473 g/mol. The number of rotatable bonds is 7. The minimum absolute atomic E-state index is 0.0810. The van der Waals surface area contributed by atoms with E-state index in [2.05, 4.69) is 15.2 Å². The fourth-order valence-electron chi connectivity index (χ4n) is 5.63. The first-order valence-corrected chi connectivity index (χ1v) is 12.5. The number of imidazole rings is 1. The lowest BCUT2D eigenvalue weighted by molar-refractivity contribution is -0.137. The molecule has 1 aromatic heterocycles. The number of hydrogen-bond acceptors (Lipinski definition) is 4. The van der Waals surface area contributed by atoms with Crippen LogP contribution in [0.4, 0.5) is 13.2 Å². The molecular formula is C26H34F3N4O3-. The predicted octanol–water partition coefficient (Wildman–Crippen LogP) is 4.57. The predicted molar refractivity (Wildman–Crippen MR) is 128 cm³/mol. The average Bonchev–Trinajstić information content (AvgIpc) is 3.14. The van der Waals surface area contributed by atoms with Crippen molar-refractivity contribution in [1.82, 2.24) is 14.5 Å². The van der Waals surface area contributed by atoms with Crippen LogP contribution in [0.3, 0.4) is 0 Å². The first-order valence-electron chi connectivity index (χ1n) is 12.5. The molecule has 3 aliphatic rings. The van der Waals surface area contributed by atoms with Crippen molar-refractivity contribution in [1.29, 1.82) is 0 Å². The minimum Gasteiger partial charge on any atom is -0.658 e. The number of aromatic nitrogens is 2. The summed E-state index contributed by atoms with van der Waals surface area (Å²) in [5, 5.41) is 23.6. The molecule has 3 fully saturated rings. The van der Waals surface area contributed by atoms with Crippen molar-refractivity contribution in [2.45, 2.75) is 50.4 Å². The van der Waals surface area contributed by atoms with Gasteiger partial charge in [-0.3, -0.25) is 4.90 Å². The van der Waals surface area contributed by atoms with E-state index < -0.39 is 23.3 Å². The molecule has 5 rings (SSSR count). The number of carbonyl (C=O) groups is 1. The number of benzene rings is 1. The van der Waals surface area contributed by atoms with Crippen molar-refractivity contribution in [3.8, 4) is 0 Å². The van der Waals surface area contributed by atoms with Gasteiger partial charge in [-0.05, 0) is 30.7 Å². The number of aromatic carboxylic acids is 1. The Morgan fingerprint density at radius 2 is 1.89 bits per heavy atom. The number of likely N-dealkylation sites (tertiary alicyclic amines) is 1. The zero-order valence-electron chi connectivity index (χ0n) is 20.5. The Morgan fingerprint density at radius 3 is 2.44 bits per heavy atom. The third-order valence-electron chi connectivity index (χ3n) is 7.56. The zero-order chi connectivity index (χ0) is 25.9. The molecule has 2 heterocycles. The van der Waals surface area contributed by atoms with Gasteiger partial charge in [0.1, 0.15) is 0 Å². The van der Waals surface area contributed by atoms with Gasteiger partial charge in [0.2, 0.25) is 0 Å². The smallest absolute Gasteiger partial charge is 0.416 e. The number of nitrogens with zero attached hydrogens (tertiary/aromatic N) is 4. The second kappa shape index (κ2) is 10.9. The van der Waals surface area contributed by atoms with E-state index in [-0.39, 0.29) is 5.69 Å². The van der Waals surface area contributed by atoms with E-state index in [9.17, 15) is 23.1 Å². The molecule has 2 saturated carbocycles. The molecule has 1 saturated heterocycles. The maximum Gasteiger partial charge on any atom is 0.416 e. The molecule has 0 spiro atoms. The molecule has 2 unspecified atom stereocenters. The molecule has 2 aromatic rings. The molecule has 2 atom stereocenters. The Bertz CT molecular complexity index is 1020. The summed E-state index contributed by atoms with van der Waals surface area (Å²) >= 11 is 0. The molecule has 10 heteroatoms. The summed E-state index contributed by atoms with van der Waals surface area (Å²) in [5.74, 6) is 0.897. The minimum atomic E-state index is -4.30. The number of aryl methyl sites for hydroxylation is 1. The third-order valence-corrected chi connectivity index (χ3v) is 7.56. The molecule has 198 valence electrons. The number of halogens is 3. The van der Waals surface area contributed by atoms with E-state index >= 15 is 0 Å². The van der Waals surface area contributed by atoms with E-state index in [1.54, 1.807) is 17.7 Å². The van der Waals surface area contributed by atoms with Gasteiger partial charge >= 0.3 is 12.1 Å². The molecule has 0 amide bonds. The fourth-order valence-corrected chi connectivity index (χ4v) is 5.63. The van der Waals surface area contributed by atoms with Gasteiger partial charge in [0.05, 0.1) is 17.5 Å². The van der Waals surface area contributed by atoms with Crippen LogP contribution in [0.2, 0.25) is 0 Å². The number of fused-ring (bicyclic) bond motifs is 1. The molecule has 1 aliphatic heterocycles. The molecule has 7 nitrogen and oxygen atoms in total. The Morgan fingerprint density at radius 1 is 1.19 bits per heavy atom. The monoisotopic (exact) mass is 507 g/mol. The number of β-amino-alcohol motifs (C(OH)–C–C–N with tert-alkyl or cyclic N) is 1. The van der Waals surface area contributed by atoms with Crippen molar-refractivity contribution in [3.63, 3.8) is 0 Å². The van der Waals surface area contributed by atoms with Gasteiger partial charge in [0.15, 0.2) is 5.69 Å². The highest BCUT2D eigenvalue weighted by Gasteiger charge is 2.54. The average molecular weight is 508 g/mol. The lowest BCUT2D eigenvalue weighted by atomic mass is 9.84. The number of carboxylic acid groups (broad SMARTS) is 1. The number of aliphatic hydroxyl groups is 1. The van der Waals surface area contributed by atoms with Crippen LogP contribution in [0.15, 0.2) is 36.8 Å². The third kappa shape index (κ3) is 6.86. The second-order valence-corrected chi connectivity index (χ2v) is 10.5. The highest BCUT2D eigenvalue weighted by atomic mass is 19.4. The summed E-state index contributed by atoms with van der Waals surface area (Å²) in [6.07, 6.45) is 3.95. The van der Waals surface area contributed by atoms with Gasteiger partial charge in [0, 0.05) is 32.9 Å². The summed E-state index contributed by atoms with van der Waals surface area (Å²) in [6.45, 7) is 3.97. The summed E-state index contributed by atoms with van der Waals surface area (Å²) in [7, 11) is 1.72. The molecule has 0 bridgehead atoms. The van der Waals surface area contributed by atoms with Gasteiger partial charge in [0.25, 0.3) is 0 Å². The number of hydrogen-bond donors (Lipinski definition) is 2. The summed E-state index contributed by atoms with van der Waals surface area (Å²) in [4.78, 5) is 16.1. The summed E-state index contributed by atoms with van der Waals surface area (Å²) in [6, 6.07) is 5.46. The van der Waals surface area contributed by atoms with E-state index in [4.69, 9.17) is 5.11 Å². The van der Waals surface area contributed by atoms with Gasteiger partial charge in [-0.25, -0.2) is 9.78 Å². The number of carboxylic acids is 1. The zero-order valence-corrected chi connectivity index (χ0v) is 20.5. The number of piperidine rings is 1. The van der Waals surface area contributed by atoms with Crippen LogP contribution < -0.4 is 0 Å². The first kappa shape index (κ1) is 26.6. The standard InChI is InChI=1S/C21H28F3N2O.C5H6N2O2/c22-21(23,24)16-6-4-5-15(9-16)10-25-11-17-18-12-26(13-19(17)18)14-20(27)7-2-1-3-8-20;1-7-2-4(5(8)9)6-3-7/h4-6,9,17-19,27H,1-3,7-8,10-14H2;2-3H,1H3,(H,8,9)/q-1;. The van der Waals surface area contributed by atoms with Gasteiger partial charge in [-0.1, -0.05) is 48.9 Å². The van der Waals surface area contributed by atoms with Gasteiger partial charge < -0.3 is 20.1 Å². The van der Waals surface area contributed by atoms with E-state index in [0.29, 0.717) is 29.9 Å². The molecule has 2 aliphatic carbocycles. The Balaban J connectivity index is 0.000000286. The summed E-state index contributed by atoms with van der Waals surface area (Å²) in [5.41, 5.74) is -0.387. The first-order chi connectivity index (χ1) is 17.0. The molecule has 1 aromatic carbocycles. The van der Waals surface area contributed by atoms with E-state index in [1.165, 1.54) is 31.1 Å². The fraction of sp³-hybridized carbons (Fsp3) is 0.615. The second-order valence-electron chi connectivity index (χ2n) is 10.5. The van der Waals surface area contributed by atoms with Crippen LogP contribution in [0.25, 0.3) is 5.32 Å². The lowest BCUT2D eigenvalue weighted by Crippen LogP contribution is -2.44. The lowest BCUT2D eigenvalue weighted by Gasteiger charge is -2.36. The van der Waals surface area contributed by atoms with E-state index in [1.807, 2.05) is 0 Å². The number of alkyl halides is 3. The normalized spacial score (nSPS) is 25.1. The summed E-state index contributed by atoms with van der Waals surface area (Å²) < 4.78 is 39.9. The van der Waals surface area contributed by atoms with Crippen LogP contribution in [0.1, 0.15) is 53.7 Å². The van der Waals surface area contributed by atoms with Crippen LogP contribution in [-0.2, 0) is 19.8 Å². The maximum atomic E-state index is 12.8. The van der Waals surface area contributed by atoms with Gasteiger partial charge in [-0.2, -0.15) is 13.2 Å². The molecule has 36 heavy (non-hydrogen) atoms. The Hall–Kier alpha value is -2.43. The highest BCUT2D eigenvalue weighted by molar-refractivity contribution is 5.84. The van der Waals surface area contributed by atoms with Crippen molar-refractivity contribution in [2.24, 2.45) is 24.8 Å². The van der Waals surface area contributed by atoms with Crippen LogP contribution in [0, 0.1) is 17.8 Å². The SMILES string of the molecule is Cn1cnc(C(=O)O)c1.OC1(CN2CC3C(C[N-]Cc4cccc(C(F)(F)F)c4)C3C2)CCCCC1. The quantitative estimate of drug-likeness (QED) is 0.573. The molecule has 2 N–H and O–H groups in total. The van der Waals surface area contributed by atoms with Crippen LogP contribution >= 0.6 is 0 Å². The van der Waals surface area contributed by atoms with Crippen molar-refractivity contribution in [3.05, 3.63) is 58.9 Å². The highest BCUT2D eigenvalue weighted by Crippen LogP contribution is 2.52. The maximum absolute atomic E-state index is 12.8. The van der Waals surface area contributed by atoms with Crippen molar-refractivity contribution in [2.75, 3.05) is 26.2 Å². The Labute approximate surface area is 209 Å². The van der Waals surface area contributed by atoms with Crippen LogP contribution in [-0.4, -0.2) is 62.4 Å². The van der Waals surface area contributed by atoms with Crippen LogP contribution in [0.5, 0.6) is 0 Å². The van der Waals surface area contributed by atoms with E-state index in [0.717, 1.165) is 57.9 Å². The Kier molecular flexibility index (Phi) is 8.06.